The third-order valence-corrected chi connectivity index (χ3v) is 3.21. The van der Waals surface area contributed by atoms with Gasteiger partial charge in [-0.1, -0.05) is 40.5 Å². The second-order valence-electron chi connectivity index (χ2n) is 5.35. The first-order chi connectivity index (χ1) is 6.43. The SMILES string of the molecule is CC(C)CCC(C)C(C)CCC(C)O. The summed E-state index contributed by atoms with van der Waals surface area (Å²) in [5.41, 5.74) is 0. The van der Waals surface area contributed by atoms with Crippen LogP contribution in [0.15, 0.2) is 0 Å². The number of aliphatic hydroxyl groups is 1. The quantitative estimate of drug-likeness (QED) is 0.661. The largest absolute Gasteiger partial charge is 0.393 e. The van der Waals surface area contributed by atoms with Crippen LogP contribution >= 0.6 is 0 Å². The maximum Gasteiger partial charge on any atom is 0.0512 e. The van der Waals surface area contributed by atoms with E-state index in [1.807, 2.05) is 6.92 Å². The number of hydrogen-bond donors (Lipinski definition) is 1. The van der Waals surface area contributed by atoms with Gasteiger partial charge in [0.05, 0.1) is 6.10 Å². The van der Waals surface area contributed by atoms with Gasteiger partial charge in [0.2, 0.25) is 0 Å². The van der Waals surface area contributed by atoms with Crippen LogP contribution in [0.2, 0.25) is 0 Å². The van der Waals surface area contributed by atoms with Gasteiger partial charge in [-0.15, -0.1) is 0 Å². The molecule has 1 N–H and O–H groups in total. The van der Waals surface area contributed by atoms with E-state index in [0.29, 0.717) is 0 Å². The fraction of sp³-hybridized carbons (Fsp3) is 1.00. The van der Waals surface area contributed by atoms with Crippen molar-refractivity contribution in [1.82, 2.24) is 0 Å². The van der Waals surface area contributed by atoms with Crippen molar-refractivity contribution in [2.24, 2.45) is 17.8 Å². The summed E-state index contributed by atoms with van der Waals surface area (Å²) in [5, 5.41) is 9.20. The Kier molecular flexibility index (Phi) is 7.26. The zero-order valence-electron chi connectivity index (χ0n) is 10.6. The van der Waals surface area contributed by atoms with Crippen LogP contribution in [0.25, 0.3) is 0 Å². The van der Waals surface area contributed by atoms with E-state index in [1.54, 1.807) is 0 Å². The monoisotopic (exact) mass is 200 g/mol. The molecule has 0 heterocycles. The first-order valence-corrected chi connectivity index (χ1v) is 6.11. The molecule has 0 aliphatic rings. The first kappa shape index (κ1) is 14.0. The average Bonchev–Trinajstić information content (AvgIpc) is 2.09. The predicted molar refractivity (Wildman–Crippen MR) is 63.3 cm³/mol. The van der Waals surface area contributed by atoms with Gasteiger partial charge in [0.15, 0.2) is 0 Å². The molecule has 0 saturated heterocycles. The van der Waals surface area contributed by atoms with Crippen molar-refractivity contribution < 1.29 is 5.11 Å². The number of aliphatic hydroxyl groups excluding tert-OH is 1. The van der Waals surface area contributed by atoms with E-state index in [0.717, 1.165) is 30.6 Å². The second kappa shape index (κ2) is 7.28. The Morgan fingerprint density at radius 3 is 1.50 bits per heavy atom. The summed E-state index contributed by atoms with van der Waals surface area (Å²) in [6.45, 7) is 11.1. The smallest absolute Gasteiger partial charge is 0.0512 e. The molecule has 0 aromatic rings. The summed E-state index contributed by atoms with van der Waals surface area (Å²) >= 11 is 0. The van der Waals surface area contributed by atoms with Crippen molar-refractivity contribution in [2.75, 3.05) is 0 Å². The Morgan fingerprint density at radius 1 is 0.714 bits per heavy atom. The molecule has 3 unspecified atom stereocenters. The highest BCUT2D eigenvalue weighted by atomic mass is 16.3. The molecule has 0 aliphatic carbocycles. The van der Waals surface area contributed by atoms with E-state index >= 15 is 0 Å². The molecule has 3 atom stereocenters. The fourth-order valence-corrected chi connectivity index (χ4v) is 1.67. The van der Waals surface area contributed by atoms with Crippen LogP contribution in [-0.4, -0.2) is 11.2 Å². The molecule has 1 heteroatoms. The van der Waals surface area contributed by atoms with E-state index in [2.05, 4.69) is 27.7 Å². The van der Waals surface area contributed by atoms with Gasteiger partial charge < -0.3 is 5.11 Å². The van der Waals surface area contributed by atoms with Crippen molar-refractivity contribution in [3.05, 3.63) is 0 Å². The van der Waals surface area contributed by atoms with Crippen molar-refractivity contribution >= 4 is 0 Å². The van der Waals surface area contributed by atoms with Gasteiger partial charge in [-0.25, -0.2) is 0 Å². The highest BCUT2D eigenvalue weighted by molar-refractivity contribution is 4.64. The van der Waals surface area contributed by atoms with Gasteiger partial charge in [0.1, 0.15) is 0 Å². The highest BCUT2D eigenvalue weighted by Crippen LogP contribution is 2.23. The van der Waals surface area contributed by atoms with Crippen LogP contribution < -0.4 is 0 Å². The van der Waals surface area contributed by atoms with Crippen LogP contribution in [-0.2, 0) is 0 Å². The Balaban J connectivity index is 3.59. The van der Waals surface area contributed by atoms with E-state index in [1.165, 1.54) is 12.8 Å². The van der Waals surface area contributed by atoms with Gasteiger partial charge in [0.25, 0.3) is 0 Å². The molecule has 0 rings (SSSR count). The molecular weight excluding hydrogens is 172 g/mol. The van der Waals surface area contributed by atoms with Crippen LogP contribution in [0.4, 0.5) is 0 Å². The molecule has 14 heavy (non-hydrogen) atoms. The van der Waals surface area contributed by atoms with E-state index in [-0.39, 0.29) is 6.10 Å². The zero-order valence-corrected chi connectivity index (χ0v) is 10.6. The molecule has 0 radical (unpaired) electrons. The maximum absolute atomic E-state index is 9.20. The third-order valence-electron chi connectivity index (χ3n) is 3.21. The van der Waals surface area contributed by atoms with Gasteiger partial charge >= 0.3 is 0 Å². The summed E-state index contributed by atoms with van der Waals surface area (Å²) in [6.07, 6.45) is 4.65. The molecule has 0 fully saturated rings. The van der Waals surface area contributed by atoms with Crippen molar-refractivity contribution in [3.8, 4) is 0 Å². The summed E-state index contributed by atoms with van der Waals surface area (Å²) in [5.74, 6) is 2.38. The average molecular weight is 200 g/mol. The Morgan fingerprint density at radius 2 is 1.14 bits per heavy atom. The molecule has 0 aromatic carbocycles. The summed E-state index contributed by atoms with van der Waals surface area (Å²) in [6, 6.07) is 0. The Hall–Kier alpha value is -0.0400. The molecular formula is C13H28O. The minimum atomic E-state index is -0.130. The molecule has 0 amide bonds. The van der Waals surface area contributed by atoms with E-state index < -0.39 is 0 Å². The Bertz CT molecular complexity index is 113. The van der Waals surface area contributed by atoms with Crippen molar-refractivity contribution in [3.63, 3.8) is 0 Å². The second-order valence-corrected chi connectivity index (χ2v) is 5.35. The fourth-order valence-electron chi connectivity index (χ4n) is 1.67. The van der Waals surface area contributed by atoms with Gasteiger partial charge in [-0.2, -0.15) is 0 Å². The molecule has 0 aromatic heterocycles. The van der Waals surface area contributed by atoms with Gasteiger partial charge in [-0.05, 0) is 37.5 Å². The van der Waals surface area contributed by atoms with E-state index in [9.17, 15) is 5.11 Å². The molecule has 0 spiro atoms. The van der Waals surface area contributed by atoms with Crippen LogP contribution in [0, 0.1) is 17.8 Å². The lowest BCUT2D eigenvalue weighted by Gasteiger charge is -2.21. The van der Waals surface area contributed by atoms with Crippen LogP contribution in [0.1, 0.15) is 60.3 Å². The lowest BCUT2D eigenvalue weighted by atomic mass is 9.86. The summed E-state index contributed by atoms with van der Waals surface area (Å²) in [4.78, 5) is 0. The number of rotatable bonds is 7. The molecule has 0 aliphatic heterocycles. The topological polar surface area (TPSA) is 20.2 Å². The minimum Gasteiger partial charge on any atom is -0.393 e. The Labute approximate surface area is 89.9 Å². The minimum absolute atomic E-state index is 0.130. The van der Waals surface area contributed by atoms with Crippen molar-refractivity contribution in [1.29, 1.82) is 0 Å². The van der Waals surface area contributed by atoms with Crippen molar-refractivity contribution in [2.45, 2.75) is 66.4 Å². The van der Waals surface area contributed by atoms with Crippen LogP contribution in [0.3, 0.4) is 0 Å². The van der Waals surface area contributed by atoms with E-state index in [4.69, 9.17) is 0 Å². The maximum atomic E-state index is 9.20. The standard InChI is InChI=1S/C13H28O/c1-10(2)6-7-11(3)12(4)8-9-13(5)14/h10-14H,6-9H2,1-5H3. The van der Waals surface area contributed by atoms with Gasteiger partial charge in [0, 0.05) is 0 Å². The lowest BCUT2D eigenvalue weighted by Crippen LogP contribution is -2.12. The lowest BCUT2D eigenvalue weighted by molar-refractivity contribution is 0.166. The molecule has 0 bridgehead atoms. The summed E-state index contributed by atoms with van der Waals surface area (Å²) in [7, 11) is 0. The zero-order chi connectivity index (χ0) is 11.1. The first-order valence-electron chi connectivity index (χ1n) is 6.11. The van der Waals surface area contributed by atoms with Crippen LogP contribution in [0.5, 0.6) is 0 Å². The highest BCUT2D eigenvalue weighted by Gasteiger charge is 2.13. The predicted octanol–water partition coefficient (Wildman–Crippen LogP) is 3.86. The molecule has 86 valence electrons. The van der Waals surface area contributed by atoms with Gasteiger partial charge in [-0.3, -0.25) is 0 Å². The summed E-state index contributed by atoms with van der Waals surface area (Å²) < 4.78 is 0. The molecule has 1 nitrogen and oxygen atoms in total. The molecule has 0 saturated carbocycles. The third kappa shape index (κ3) is 7.37. The normalized spacial score (nSPS) is 18.2. The number of hydrogen-bond acceptors (Lipinski definition) is 1.